The maximum atomic E-state index is 13.6. The number of aromatic amines is 1. The van der Waals surface area contributed by atoms with Gasteiger partial charge in [-0.05, 0) is 12.1 Å². The minimum atomic E-state index is -0.506. The summed E-state index contributed by atoms with van der Waals surface area (Å²) < 4.78 is 18.5. The van der Waals surface area contributed by atoms with Crippen molar-refractivity contribution in [1.82, 2.24) is 4.98 Å². The Labute approximate surface area is 79.5 Å². The van der Waals surface area contributed by atoms with Gasteiger partial charge in [0.2, 0.25) is 0 Å². The first-order valence-electron chi connectivity index (χ1n) is 4.06. The van der Waals surface area contributed by atoms with Gasteiger partial charge in [0, 0.05) is 22.7 Å². The molecule has 1 aromatic heterocycles. The van der Waals surface area contributed by atoms with E-state index in [1.165, 1.54) is 19.4 Å². The molecule has 0 saturated heterocycles. The lowest BCUT2D eigenvalue weighted by Crippen LogP contribution is -1.89. The maximum absolute atomic E-state index is 13.6. The Morgan fingerprint density at radius 3 is 2.93 bits per heavy atom. The summed E-state index contributed by atoms with van der Waals surface area (Å²) in [6, 6.07) is 3.19. The second kappa shape index (κ2) is 3.14. The minimum Gasteiger partial charge on any atom is -0.494 e. The number of aldehydes is 1. The van der Waals surface area contributed by atoms with Crippen LogP contribution < -0.4 is 4.74 Å². The van der Waals surface area contributed by atoms with Gasteiger partial charge in [0.25, 0.3) is 0 Å². The lowest BCUT2D eigenvalue weighted by atomic mass is 10.1. The van der Waals surface area contributed by atoms with Crippen LogP contribution in [-0.4, -0.2) is 18.4 Å². The van der Waals surface area contributed by atoms with Gasteiger partial charge < -0.3 is 9.72 Å². The van der Waals surface area contributed by atoms with E-state index in [4.69, 9.17) is 4.74 Å². The first kappa shape index (κ1) is 8.74. The van der Waals surface area contributed by atoms with Crippen LogP contribution in [0, 0.1) is 5.82 Å². The number of halogens is 1. The highest BCUT2D eigenvalue weighted by Crippen LogP contribution is 2.27. The van der Waals surface area contributed by atoms with Gasteiger partial charge >= 0.3 is 0 Å². The topological polar surface area (TPSA) is 42.1 Å². The number of nitrogens with one attached hydrogen (secondary N) is 1. The fourth-order valence-electron chi connectivity index (χ4n) is 1.44. The molecule has 0 aliphatic rings. The number of carbonyl (C=O) groups excluding carboxylic acids is 1. The summed E-state index contributed by atoms with van der Waals surface area (Å²) in [5.41, 5.74) is 0.891. The number of hydrogen-bond acceptors (Lipinski definition) is 2. The molecule has 0 fully saturated rings. The van der Waals surface area contributed by atoms with Crippen molar-refractivity contribution in [2.75, 3.05) is 7.11 Å². The van der Waals surface area contributed by atoms with Crippen LogP contribution >= 0.6 is 0 Å². The van der Waals surface area contributed by atoms with Gasteiger partial charge in [-0.15, -0.1) is 0 Å². The molecule has 3 nitrogen and oxygen atoms in total. The molecule has 0 spiro atoms. The molecule has 0 radical (unpaired) electrons. The molecule has 0 bridgehead atoms. The third-order valence-electron chi connectivity index (χ3n) is 2.13. The maximum Gasteiger partial charge on any atom is 0.175 e. The van der Waals surface area contributed by atoms with Crippen LogP contribution in [0.25, 0.3) is 10.9 Å². The molecule has 0 atom stereocenters. The zero-order valence-electron chi connectivity index (χ0n) is 7.50. The molecular formula is C10H8FNO2. The van der Waals surface area contributed by atoms with Crippen molar-refractivity contribution >= 4 is 17.2 Å². The highest BCUT2D eigenvalue weighted by atomic mass is 19.1. The summed E-state index contributed by atoms with van der Waals surface area (Å²) in [6.45, 7) is 0. The van der Waals surface area contributed by atoms with E-state index < -0.39 is 5.82 Å². The molecule has 0 saturated carbocycles. The molecule has 2 aromatic rings. The van der Waals surface area contributed by atoms with Crippen molar-refractivity contribution in [1.29, 1.82) is 0 Å². The number of carbonyl (C=O) groups is 1. The van der Waals surface area contributed by atoms with E-state index in [0.29, 0.717) is 17.4 Å². The SMILES string of the molecule is COc1ccc2[nH]cc(C=O)c2c1F. The van der Waals surface area contributed by atoms with E-state index in [1.54, 1.807) is 6.07 Å². The fourth-order valence-corrected chi connectivity index (χ4v) is 1.44. The van der Waals surface area contributed by atoms with E-state index >= 15 is 0 Å². The molecule has 1 N–H and O–H groups in total. The molecule has 72 valence electrons. The molecule has 0 amide bonds. The summed E-state index contributed by atoms with van der Waals surface area (Å²) in [6.07, 6.45) is 2.08. The lowest BCUT2D eigenvalue weighted by molar-refractivity contribution is 0.112. The largest absolute Gasteiger partial charge is 0.494 e. The Morgan fingerprint density at radius 1 is 1.50 bits per heavy atom. The van der Waals surface area contributed by atoms with Crippen LogP contribution in [0.1, 0.15) is 10.4 Å². The van der Waals surface area contributed by atoms with Gasteiger partial charge in [0.15, 0.2) is 17.9 Å². The lowest BCUT2D eigenvalue weighted by Gasteiger charge is -2.02. The number of H-pyrrole nitrogens is 1. The Hall–Kier alpha value is -1.84. The zero-order valence-corrected chi connectivity index (χ0v) is 7.50. The first-order valence-corrected chi connectivity index (χ1v) is 4.06. The smallest absolute Gasteiger partial charge is 0.175 e. The van der Waals surface area contributed by atoms with E-state index in [0.717, 1.165) is 0 Å². The predicted octanol–water partition coefficient (Wildman–Crippen LogP) is 2.13. The van der Waals surface area contributed by atoms with Crippen molar-refractivity contribution in [3.05, 3.63) is 29.7 Å². The van der Waals surface area contributed by atoms with Crippen molar-refractivity contribution in [3.8, 4) is 5.75 Å². The van der Waals surface area contributed by atoms with Crippen LogP contribution in [0.2, 0.25) is 0 Å². The van der Waals surface area contributed by atoms with Crippen LogP contribution in [0.4, 0.5) is 4.39 Å². The highest BCUT2D eigenvalue weighted by molar-refractivity contribution is 5.98. The van der Waals surface area contributed by atoms with E-state index in [9.17, 15) is 9.18 Å². The van der Waals surface area contributed by atoms with Gasteiger partial charge in [0.05, 0.1) is 7.11 Å². The molecule has 0 aliphatic carbocycles. The molecule has 1 aromatic carbocycles. The summed E-state index contributed by atoms with van der Waals surface area (Å²) in [5.74, 6) is -0.367. The average Bonchev–Trinajstić information content (AvgIpc) is 2.62. The van der Waals surface area contributed by atoms with E-state index in [-0.39, 0.29) is 11.1 Å². The third-order valence-corrected chi connectivity index (χ3v) is 2.13. The highest BCUT2D eigenvalue weighted by Gasteiger charge is 2.12. The summed E-state index contributed by atoms with van der Waals surface area (Å²) in [5, 5.41) is 0.277. The van der Waals surface area contributed by atoms with E-state index in [1.807, 2.05) is 0 Å². The number of aromatic nitrogens is 1. The van der Waals surface area contributed by atoms with Crippen molar-refractivity contribution in [2.45, 2.75) is 0 Å². The zero-order chi connectivity index (χ0) is 10.1. The molecule has 2 rings (SSSR count). The normalized spacial score (nSPS) is 10.4. The molecule has 1 heterocycles. The van der Waals surface area contributed by atoms with Crippen molar-refractivity contribution < 1.29 is 13.9 Å². The van der Waals surface area contributed by atoms with Crippen LogP contribution in [0.15, 0.2) is 18.3 Å². The number of ether oxygens (including phenoxy) is 1. The van der Waals surface area contributed by atoms with Crippen LogP contribution in [0.5, 0.6) is 5.75 Å². The molecule has 4 heteroatoms. The quantitative estimate of drug-likeness (QED) is 0.742. The van der Waals surface area contributed by atoms with Gasteiger partial charge in [0.1, 0.15) is 0 Å². The number of benzene rings is 1. The fraction of sp³-hybridized carbons (Fsp3) is 0.100. The second-order valence-electron chi connectivity index (χ2n) is 2.87. The first-order chi connectivity index (χ1) is 6.77. The van der Waals surface area contributed by atoms with Crippen LogP contribution in [0.3, 0.4) is 0 Å². The molecular weight excluding hydrogens is 185 g/mol. The average molecular weight is 193 g/mol. The van der Waals surface area contributed by atoms with Crippen LogP contribution in [-0.2, 0) is 0 Å². The number of hydrogen-bond donors (Lipinski definition) is 1. The Morgan fingerprint density at radius 2 is 2.29 bits per heavy atom. The Balaban J connectivity index is 2.83. The predicted molar refractivity (Wildman–Crippen MR) is 50.2 cm³/mol. The summed E-state index contributed by atoms with van der Waals surface area (Å²) in [7, 11) is 1.39. The second-order valence-corrected chi connectivity index (χ2v) is 2.87. The summed E-state index contributed by atoms with van der Waals surface area (Å²) >= 11 is 0. The number of methoxy groups -OCH3 is 1. The van der Waals surface area contributed by atoms with Crippen molar-refractivity contribution in [2.24, 2.45) is 0 Å². The Bertz CT molecular complexity index is 490. The molecule has 0 aliphatic heterocycles. The van der Waals surface area contributed by atoms with Gasteiger partial charge in [-0.1, -0.05) is 0 Å². The summed E-state index contributed by atoms with van der Waals surface area (Å²) in [4.78, 5) is 13.4. The minimum absolute atomic E-state index is 0.139. The number of rotatable bonds is 2. The third kappa shape index (κ3) is 1.08. The standard InChI is InChI=1S/C10H8FNO2/c1-14-8-3-2-7-9(10(8)11)6(5-13)4-12-7/h2-5,12H,1H3. The molecule has 14 heavy (non-hydrogen) atoms. The van der Waals surface area contributed by atoms with Gasteiger partial charge in [-0.2, -0.15) is 0 Å². The monoisotopic (exact) mass is 193 g/mol. The number of fused-ring (bicyclic) bond motifs is 1. The van der Waals surface area contributed by atoms with Gasteiger partial charge in [-0.25, -0.2) is 4.39 Å². The van der Waals surface area contributed by atoms with E-state index in [2.05, 4.69) is 4.98 Å². The van der Waals surface area contributed by atoms with Crippen molar-refractivity contribution in [3.63, 3.8) is 0 Å². The Kier molecular flexibility index (Phi) is 1.96. The van der Waals surface area contributed by atoms with Gasteiger partial charge in [-0.3, -0.25) is 4.79 Å². The molecule has 0 unspecified atom stereocenters.